The van der Waals surface area contributed by atoms with E-state index in [2.05, 4.69) is 20.2 Å². The molecule has 2 heterocycles. The summed E-state index contributed by atoms with van der Waals surface area (Å²) >= 11 is 0. The molecule has 4 nitrogen and oxygen atoms in total. The summed E-state index contributed by atoms with van der Waals surface area (Å²) in [5.74, 6) is -1.17. The van der Waals surface area contributed by atoms with Gasteiger partial charge in [-0.25, -0.2) is 13.8 Å². The zero-order chi connectivity index (χ0) is 13.7. The normalized spacial score (nSPS) is 15.8. The van der Waals surface area contributed by atoms with Crippen LogP contribution in [0.4, 0.5) is 20.5 Å². The second kappa shape index (κ2) is 6.12. The largest absolute Gasteiger partial charge is 0.356 e. The highest BCUT2D eigenvalue weighted by Crippen LogP contribution is 2.19. The van der Waals surface area contributed by atoms with E-state index in [9.17, 15) is 8.78 Å². The summed E-state index contributed by atoms with van der Waals surface area (Å²) in [6.07, 6.45) is 4.38. The third-order valence-electron chi connectivity index (χ3n) is 3.15. The Labute approximate surface area is 112 Å². The zero-order valence-electron chi connectivity index (χ0n) is 11.2. The van der Waals surface area contributed by atoms with Gasteiger partial charge in [-0.15, -0.1) is 0 Å². The van der Waals surface area contributed by atoms with Crippen molar-refractivity contribution in [3.8, 4) is 0 Å². The highest BCUT2D eigenvalue weighted by atomic mass is 19.3. The number of hydrogen-bond donors (Lipinski definition) is 1. The SMILES string of the molecule is CC(F)(F)CCCNc1nccc(N2CCCC2)n1. The van der Waals surface area contributed by atoms with E-state index in [-0.39, 0.29) is 6.42 Å². The van der Waals surface area contributed by atoms with Crippen LogP contribution in [-0.4, -0.2) is 35.5 Å². The second-order valence-corrected chi connectivity index (χ2v) is 5.03. The molecule has 0 spiro atoms. The molecule has 0 bridgehead atoms. The lowest BCUT2D eigenvalue weighted by atomic mass is 10.2. The number of aromatic nitrogens is 2. The van der Waals surface area contributed by atoms with E-state index in [1.807, 2.05) is 6.07 Å². The number of anilines is 2. The van der Waals surface area contributed by atoms with E-state index in [0.717, 1.165) is 25.8 Å². The summed E-state index contributed by atoms with van der Waals surface area (Å²) in [5, 5.41) is 3.00. The molecule has 1 N–H and O–H groups in total. The van der Waals surface area contributed by atoms with Crippen LogP contribution in [0.3, 0.4) is 0 Å². The highest BCUT2D eigenvalue weighted by Gasteiger charge is 2.19. The van der Waals surface area contributed by atoms with E-state index in [1.165, 1.54) is 12.8 Å². The van der Waals surface area contributed by atoms with Crippen molar-refractivity contribution in [1.29, 1.82) is 0 Å². The van der Waals surface area contributed by atoms with E-state index >= 15 is 0 Å². The van der Waals surface area contributed by atoms with Crippen molar-refractivity contribution in [2.24, 2.45) is 0 Å². The molecule has 1 aromatic heterocycles. The van der Waals surface area contributed by atoms with Crippen LogP contribution in [0.5, 0.6) is 0 Å². The molecule has 1 aliphatic heterocycles. The van der Waals surface area contributed by atoms with Crippen molar-refractivity contribution in [3.63, 3.8) is 0 Å². The third-order valence-corrected chi connectivity index (χ3v) is 3.15. The van der Waals surface area contributed by atoms with Gasteiger partial charge in [0, 0.05) is 32.3 Å². The van der Waals surface area contributed by atoms with Gasteiger partial charge in [0.2, 0.25) is 11.9 Å². The van der Waals surface area contributed by atoms with Crippen LogP contribution in [0, 0.1) is 0 Å². The molecule has 6 heteroatoms. The van der Waals surface area contributed by atoms with Gasteiger partial charge in [-0.05, 0) is 32.3 Å². The van der Waals surface area contributed by atoms with E-state index in [4.69, 9.17) is 0 Å². The van der Waals surface area contributed by atoms with Gasteiger partial charge in [0.05, 0.1) is 0 Å². The lowest BCUT2D eigenvalue weighted by Gasteiger charge is -2.16. The minimum absolute atomic E-state index is 0.119. The van der Waals surface area contributed by atoms with Crippen LogP contribution in [-0.2, 0) is 0 Å². The Hall–Kier alpha value is -1.46. The van der Waals surface area contributed by atoms with Crippen molar-refractivity contribution in [3.05, 3.63) is 12.3 Å². The minimum Gasteiger partial charge on any atom is -0.356 e. The number of alkyl halides is 2. The van der Waals surface area contributed by atoms with Crippen LogP contribution in [0.25, 0.3) is 0 Å². The van der Waals surface area contributed by atoms with Gasteiger partial charge < -0.3 is 10.2 Å². The number of halogens is 2. The fourth-order valence-corrected chi connectivity index (χ4v) is 2.16. The number of nitrogens with one attached hydrogen (secondary N) is 1. The third kappa shape index (κ3) is 4.61. The molecule has 0 amide bonds. The summed E-state index contributed by atoms with van der Waals surface area (Å²) < 4.78 is 25.3. The first-order chi connectivity index (χ1) is 9.04. The molecule has 19 heavy (non-hydrogen) atoms. The zero-order valence-corrected chi connectivity index (χ0v) is 11.2. The number of nitrogens with zero attached hydrogens (tertiary/aromatic N) is 3. The summed E-state index contributed by atoms with van der Waals surface area (Å²) in [7, 11) is 0. The average molecular weight is 270 g/mol. The summed E-state index contributed by atoms with van der Waals surface area (Å²) in [6.45, 7) is 3.46. The molecule has 0 saturated carbocycles. The molecular weight excluding hydrogens is 250 g/mol. The Morgan fingerprint density at radius 2 is 2.11 bits per heavy atom. The average Bonchev–Trinajstić information content (AvgIpc) is 2.88. The van der Waals surface area contributed by atoms with Crippen molar-refractivity contribution in [2.45, 2.75) is 38.5 Å². The molecule has 0 atom stereocenters. The monoisotopic (exact) mass is 270 g/mol. The van der Waals surface area contributed by atoms with Gasteiger partial charge in [0.25, 0.3) is 0 Å². The van der Waals surface area contributed by atoms with Gasteiger partial charge in [0.1, 0.15) is 5.82 Å². The first-order valence-corrected chi connectivity index (χ1v) is 6.74. The fraction of sp³-hybridized carbons (Fsp3) is 0.692. The summed E-state index contributed by atoms with van der Waals surface area (Å²) in [5.41, 5.74) is 0. The van der Waals surface area contributed by atoms with Crippen molar-refractivity contribution >= 4 is 11.8 Å². The van der Waals surface area contributed by atoms with Crippen LogP contribution in [0.15, 0.2) is 12.3 Å². The maximum Gasteiger partial charge on any atom is 0.245 e. The molecule has 0 unspecified atom stereocenters. The number of hydrogen-bond acceptors (Lipinski definition) is 4. The van der Waals surface area contributed by atoms with E-state index in [0.29, 0.717) is 18.9 Å². The Balaban J connectivity index is 1.82. The Kier molecular flexibility index (Phi) is 4.50. The van der Waals surface area contributed by atoms with Gasteiger partial charge in [-0.2, -0.15) is 4.98 Å². The van der Waals surface area contributed by atoms with Gasteiger partial charge in [-0.3, -0.25) is 0 Å². The summed E-state index contributed by atoms with van der Waals surface area (Å²) in [6, 6.07) is 1.89. The first kappa shape index (κ1) is 14.0. The molecular formula is C13H20F2N4. The standard InChI is InChI=1S/C13H20F2N4/c1-13(14,15)6-4-7-16-12-17-8-5-11(18-12)19-9-2-3-10-19/h5,8H,2-4,6-7,9-10H2,1H3,(H,16,17,18). The summed E-state index contributed by atoms with van der Waals surface area (Å²) in [4.78, 5) is 10.7. The Morgan fingerprint density at radius 3 is 2.79 bits per heavy atom. The highest BCUT2D eigenvalue weighted by molar-refractivity contribution is 5.43. The predicted octanol–water partition coefficient (Wildman–Crippen LogP) is 2.92. The quantitative estimate of drug-likeness (QED) is 0.807. The Bertz CT molecular complexity index is 400. The van der Waals surface area contributed by atoms with Crippen molar-refractivity contribution in [2.75, 3.05) is 29.9 Å². The predicted molar refractivity (Wildman–Crippen MR) is 71.8 cm³/mol. The molecule has 1 saturated heterocycles. The minimum atomic E-state index is -2.60. The van der Waals surface area contributed by atoms with Crippen molar-refractivity contribution < 1.29 is 8.78 Å². The van der Waals surface area contributed by atoms with Gasteiger partial charge in [-0.1, -0.05) is 0 Å². The molecule has 0 radical (unpaired) electrons. The van der Waals surface area contributed by atoms with Crippen LogP contribution in [0.1, 0.15) is 32.6 Å². The number of rotatable bonds is 6. The molecule has 0 aliphatic carbocycles. The lowest BCUT2D eigenvalue weighted by molar-refractivity contribution is 0.0119. The molecule has 0 aromatic carbocycles. The lowest BCUT2D eigenvalue weighted by Crippen LogP contribution is -2.20. The first-order valence-electron chi connectivity index (χ1n) is 6.74. The van der Waals surface area contributed by atoms with E-state index in [1.54, 1.807) is 6.20 Å². The van der Waals surface area contributed by atoms with E-state index < -0.39 is 5.92 Å². The maximum absolute atomic E-state index is 12.7. The Morgan fingerprint density at radius 1 is 1.37 bits per heavy atom. The van der Waals surface area contributed by atoms with Crippen LogP contribution >= 0.6 is 0 Å². The smallest absolute Gasteiger partial charge is 0.245 e. The second-order valence-electron chi connectivity index (χ2n) is 5.03. The topological polar surface area (TPSA) is 41.1 Å². The molecule has 1 aliphatic rings. The fourth-order valence-electron chi connectivity index (χ4n) is 2.16. The molecule has 2 rings (SSSR count). The van der Waals surface area contributed by atoms with Crippen LogP contribution in [0.2, 0.25) is 0 Å². The molecule has 1 aromatic rings. The van der Waals surface area contributed by atoms with Crippen LogP contribution < -0.4 is 10.2 Å². The maximum atomic E-state index is 12.7. The van der Waals surface area contributed by atoms with Crippen molar-refractivity contribution in [1.82, 2.24) is 9.97 Å². The molecule has 1 fully saturated rings. The molecule has 106 valence electrons. The van der Waals surface area contributed by atoms with Gasteiger partial charge >= 0.3 is 0 Å². The van der Waals surface area contributed by atoms with Gasteiger partial charge in [0.15, 0.2) is 0 Å².